The van der Waals surface area contributed by atoms with E-state index in [4.69, 9.17) is 0 Å². The molecule has 1 spiro atoms. The summed E-state index contributed by atoms with van der Waals surface area (Å²) in [6, 6.07) is 8.33. The van der Waals surface area contributed by atoms with E-state index in [-0.39, 0.29) is 23.9 Å². The molecule has 0 unspecified atom stereocenters. The van der Waals surface area contributed by atoms with Crippen LogP contribution in [0, 0.1) is 11.3 Å². The minimum atomic E-state index is -1.03. The molecule has 2 aromatic heterocycles. The highest BCUT2D eigenvalue weighted by Crippen LogP contribution is 2.53. The lowest BCUT2D eigenvalue weighted by Crippen LogP contribution is -2.50. The number of hydrogen-bond donors (Lipinski definition) is 1. The third-order valence-corrected chi connectivity index (χ3v) is 9.19. The van der Waals surface area contributed by atoms with Crippen LogP contribution in [0.5, 0.6) is 0 Å². The monoisotopic (exact) mass is 502 g/mol. The molecule has 0 radical (unpaired) electrons. The number of carbonyl (C=O) groups excluding carboxylic acids is 1. The number of nitrogens with zero attached hydrogens (tertiary/aromatic N) is 6. The summed E-state index contributed by atoms with van der Waals surface area (Å²) in [6.45, 7) is 3.46. The number of aromatic nitrogens is 4. The summed E-state index contributed by atoms with van der Waals surface area (Å²) < 4.78 is 3.19. The van der Waals surface area contributed by atoms with Crippen molar-refractivity contribution in [2.75, 3.05) is 31.1 Å². The van der Waals surface area contributed by atoms with Gasteiger partial charge < -0.3 is 14.9 Å². The first-order valence-electron chi connectivity index (χ1n) is 13.7. The Bertz CT molecular complexity index is 1380. The van der Waals surface area contributed by atoms with Gasteiger partial charge in [0.25, 0.3) is 5.56 Å². The van der Waals surface area contributed by atoms with Crippen LogP contribution in [-0.2, 0) is 11.3 Å². The van der Waals surface area contributed by atoms with Crippen molar-refractivity contribution in [1.29, 1.82) is 0 Å². The Hall–Kier alpha value is -3.20. The average molecular weight is 503 g/mol. The number of likely N-dealkylation sites (tertiary alicyclic amines) is 1. The van der Waals surface area contributed by atoms with Crippen LogP contribution in [0.1, 0.15) is 51.4 Å². The van der Waals surface area contributed by atoms with Gasteiger partial charge in [-0.3, -0.25) is 14.2 Å². The standard InChI is InChI=1S/C28H34N6O3/c35-25(20-1-2-20)32-15-11-28(37,12-16-32)18-33-19-29-24-23(26(33)36)17-30-34(24)22-5-3-21(4-6-22)31-13-9-27(7-8-27)10-14-31/h3-6,17,19-20,37H,1-2,7-16,18H2. The summed E-state index contributed by atoms with van der Waals surface area (Å²) >= 11 is 0. The summed E-state index contributed by atoms with van der Waals surface area (Å²) in [5.41, 5.74) is 2.03. The first-order valence-corrected chi connectivity index (χ1v) is 13.7. The normalized spacial score (nSPS) is 22.5. The van der Waals surface area contributed by atoms with Gasteiger partial charge in [-0.1, -0.05) is 0 Å². The Kier molecular flexibility index (Phi) is 5.22. The van der Waals surface area contributed by atoms with E-state index in [0.717, 1.165) is 31.6 Å². The number of rotatable bonds is 5. The van der Waals surface area contributed by atoms with Crippen molar-refractivity contribution in [2.24, 2.45) is 11.3 Å². The number of piperidine rings is 2. The van der Waals surface area contributed by atoms with Crippen LogP contribution in [0.2, 0.25) is 0 Å². The molecule has 2 saturated carbocycles. The van der Waals surface area contributed by atoms with Gasteiger partial charge in [0.05, 0.1) is 24.0 Å². The number of anilines is 1. The second-order valence-electron chi connectivity index (χ2n) is 11.8. The fraction of sp³-hybridized carbons (Fsp3) is 0.571. The highest BCUT2D eigenvalue weighted by atomic mass is 16.3. The molecule has 3 aromatic rings. The molecular weight excluding hydrogens is 468 g/mol. The van der Waals surface area contributed by atoms with Crippen molar-refractivity contribution in [3.8, 4) is 5.69 Å². The van der Waals surface area contributed by atoms with E-state index < -0.39 is 5.60 Å². The van der Waals surface area contributed by atoms with E-state index in [1.54, 1.807) is 10.9 Å². The van der Waals surface area contributed by atoms with E-state index in [0.29, 0.717) is 42.4 Å². The van der Waals surface area contributed by atoms with Gasteiger partial charge in [-0.25, -0.2) is 9.67 Å². The minimum absolute atomic E-state index is 0.164. The number of carbonyl (C=O) groups is 1. The molecule has 2 saturated heterocycles. The highest BCUT2D eigenvalue weighted by Gasteiger charge is 2.44. The van der Waals surface area contributed by atoms with Gasteiger partial charge in [0, 0.05) is 37.8 Å². The Morgan fingerprint density at radius 3 is 2.27 bits per heavy atom. The second kappa shape index (κ2) is 8.41. The first-order chi connectivity index (χ1) is 17.9. The van der Waals surface area contributed by atoms with Gasteiger partial charge >= 0.3 is 0 Å². The van der Waals surface area contributed by atoms with Crippen molar-refractivity contribution in [3.63, 3.8) is 0 Å². The maximum Gasteiger partial charge on any atom is 0.264 e. The van der Waals surface area contributed by atoms with Crippen LogP contribution in [0.25, 0.3) is 16.7 Å². The molecule has 194 valence electrons. The Morgan fingerprint density at radius 2 is 1.62 bits per heavy atom. The number of benzene rings is 1. The SMILES string of the molecule is O=C(C1CC1)N1CCC(O)(Cn2cnc3c(cnn3-c3ccc(N4CCC5(CC4)CC5)cc3)c2=O)CC1. The third-order valence-electron chi connectivity index (χ3n) is 9.19. The highest BCUT2D eigenvalue weighted by molar-refractivity contribution is 5.81. The van der Waals surface area contributed by atoms with Crippen molar-refractivity contribution < 1.29 is 9.90 Å². The molecule has 37 heavy (non-hydrogen) atoms. The van der Waals surface area contributed by atoms with Crippen molar-refractivity contribution in [3.05, 3.63) is 47.1 Å². The number of aliphatic hydroxyl groups is 1. The first kappa shape index (κ1) is 23.0. The van der Waals surface area contributed by atoms with Gasteiger partial charge in [0.1, 0.15) is 11.7 Å². The number of hydrogen-bond acceptors (Lipinski definition) is 6. The molecule has 1 amide bonds. The van der Waals surface area contributed by atoms with Crippen LogP contribution in [0.3, 0.4) is 0 Å². The van der Waals surface area contributed by atoms with E-state index in [9.17, 15) is 14.7 Å². The lowest BCUT2D eigenvalue weighted by atomic mass is 9.91. The molecule has 0 bridgehead atoms. The van der Waals surface area contributed by atoms with Crippen LogP contribution in [-0.4, -0.2) is 67.0 Å². The zero-order valence-corrected chi connectivity index (χ0v) is 21.2. The fourth-order valence-electron chi connectivity index (χ4n) is 6.18. The van der Waals surface area contributed by atoms with Crippen molar-refractivity contribution in [2.45, 2.75) is 63.5 Å². The second-order valence-corrected chi connectivity index (χ2v) is 11.8. The predicted molar refractivity (Wildman–Crippen MR) is 140 cm³/mol. The molecule has 7 rings (SSSR count). The van der Waals surface area contributed by atoms with Gasteiger partial charge in [-0.05, 0) is 81.0 Å². The summed E-state index contributed by atoms with van der Waals surface area (Å²) in [6.07, 6.45) is 11.4. The minimum Gasteiger partial charge on any atom is -0.388 e. The smallest absolute Gasteiger partial charge is 0.264 e. The molecule has 1 aromatic carbocycles. The van der Waals surface area contributed by atoms with Crippen molar-refractivity contribution >= 4 is 22.6 Å². The Labute approximate surface area is 215 Å². The number of fused-ring (bicyclic) bond motifs is 1. The van der Waals surface area contributed by atoms with E-state index in [1.165, 1.54) is 42.3 Å². The van der Waals surface area contributed by atoms with E-state index in [1.807, 2.05) is 17.0 Å². The summed E-state index contributed by atoms with van der Waals surface area (Å²) in [5.74, 6) is 0.401. The van der Waals surface area contributed by atoms with Gasteiger partial charge in [0.15, 0.2) is 5.65 Å². The Balaban J connectivity index is 1.06. The summed E-state index contributed by atoms with van der Waals surface area (Å²) in [7, 11) is 0. The average Bonchev–Trinajstić information content (AvgIpc) is 3.85. The Morgan fingerprint density at radius 1 is 0.946 bits per heavy atom. The molecular formula is C28H34N6O3. The maximum absolute atomic E-state index is 13.3. The van der Waals surface area contributed by atoms with E-state index >= 15 is 0 Å². The van der Waals surface area contributed by atoms with E-state index in [2.05, 4.69) is 27.1 Å². The van der Waals surface area contributed by atoms with Gasteiger partial charge in [-0.2, -0.15) is 5.10 Å². The van der Waals surface area contributed by atoms with Crippen LogP contribution in [0.15, 0.2) is 41.6 Å². The van der Waals surface area contributed by atoms with Crippen LogP contribution in [0.4, 0.5) is 5.69 Å². The maximum atomic E-state index is 13.3. The molecule has 4 aliphatic rings. The zero-order valence-electron chi connectivity index (χ0n) is 21.2. The lowest BCUT2D eigenvalue weighted by Gasteiger charge is -2.38. The third kappa shape index (κ3) is 4.23. The van der Waals surface area contributed by atoms with Gasteiger partial charge in [0.2, 0.25) is 5.91 Å². The molecule has 4 heterocycles. The summed E-state index contributed by atoms with van der Waals surface area (Å²) in [4.78, 5) is 34.5. The molecule has 1 N–H and O–H groups in total. The quantitative estimate of drug-likeness (QED) is 0.576. The topological polar surface area (TPSA) is 96.5 Å². The molecule has 2 aliphatic carbocycles. The largest absolute Gasteiger partial charge is 0.388 e. The molecule has 4 fully saturated rings. The summed E-state index contributed by atoms with van der Waals surface area (Å²) in [5, 5.41) is 16.1. The van der Waals surface area contributed by atoms with Crippen molar-refractivity contribution in [1.82, 2.24) is 24.2 Å². The fourth-order valence-corrected chi connectivity index (χ4v) is 6.18. The zero-order chi connectivity index (χ0) is 25.2. The van der Waals surface area contributed by atoms with Crippen LogP contribution >= 0.6 is 0 Å². The molecule has 9 heteroatoms. The predicted octanol–water partition coefficient (Wildman–Crippen LogP) is 2.73. The van der Waals surface area contributed by atoms with Crippen LogP contribution < -0.4 is 10.5 Å². The lowest BCUT2D eigenvalue weighted by molar-refractivity contribution is -0.137. The van der Waals surface area contributed by atoms with Gasteiger partial charge in [-0.15, -0.1) is 0 Å². The molecule has 0 atom stereocenters. The molecule has 2 aliphatic heterocycles. The number of amides is 1. The molecule has 9 nitrogen and oxygen atoms in total.